The van der Waals surface area contributed by atoms with Gasteiger partial charge in [-0.25, -0.2) is 15.0 Å². The summed E-state index contributed by atoms with van der Waals surface area (Å²) in [6.45, 7) is 0. The number of nitrogens with one attached hydrogen (secondary N) is 1. The fourth-order valence-electron chi connectivity index (χ4n) is 1.79. The first-order valence-electron chi connectivity index (χ1n) is 6.19. The third-order valence-electron chi connectivity index (χ3n) is 2.88. The molecule has 2 aromatic heterocycles. The lowest BCUT2D eigenvalue weighted by molar-refractivity contribution is -0.384. The minimum Gasteiger partial charge on any atom is -0.330 e. The van der Waals surface area contributed by atoms with E-state index in [9.17, 15) is 14.9 Å². The number of aromatic nitrogens is 4. The van der Waals surface area contributed by atoms with Gasteiger partial charge in [-0.15, -0.1) is 0 Å². The molecule has 0 aliphatic heterocycles. The first-order chi connectivity index (χ1) is 10.6. The highest BCUT2D eigenvalue weighted by molar-refractivity contribution is 7.99. The molecule has 0 atom stereocenters. The van der Waals surface area contributed by atoms with Gasteiger partial charge in [0.1, 0.15) is 11.8 Å². The molecule has 0 aliphatic carbocycles. The molecule has 1 N–H and O–H groups in total. The lowest BCUT2D eigenvalue weighted by atomic mass is 10.1. The third-order valence-corrected chi connectivity index (χ3v) is 3.75. The van der Waals surface area contributed by atoms with E-state index in [1.807, 2.05) is 0 Å². The van der Waals surface area contributed by atoms with Crippen molar-refractivity contribution in [2.24, 2.45) is 0 Å². The number of benzene rings is 1. The standard InChI is InChI=1S/C13H9N5O3S/c19-11(8-1-3-9(4-2-8)18(20)21)6-22-13-16-10-5-14-7-15-12(10)17-13/h1-5,7H,6H2,(H,14,15,16,17). The van der Waals surface area contributed by atoms with Gasteiger partial charge in [0.05, 0.1) is 16.9 Å². The van der Waals surface area contributed by atoms with Crippen LogP contribution < -0.4 is 0 Å². The molecule has 0 amide bonds. The lowest BCUT2D eigenvalue weighted by Crippen LogP contribution is -2.02. The molecule has 0 aliphatic rings. The third kappa shape index (κ3) is 2.93. The molecule has 22 heavy (non-hydrogen) atoms. The summed E-state index contributed by atoms with van der Waals surface area (Å²) in [7, 11) is 0. The SMILES string of the molecule is O=C(CSc1nc2ncncc2[nH]1)c1ccc([N+](=O)[O-])cc1. The van der Waals surface area contributed by atoms with Crippen molar-refractivity contribution in [3.8, 4) is 0 Å². The van der Waals surface area contributed by atoms with Crippen LogP contribution in [0.3, 0.4) is 0 Å². The van der Waals surface area contributed by atoms with Gasteiger partial charge < -0.3 is 4.98 Å². The quantitative estimate of drug-likeness (QED) is 0.332. The monoisotopic (exact) mass is 315 g/mol. The van der Waals surface area contributed by atoms with Gasteiger partial charge in [0, 0.05) is 17.7 Å². The highest BCUT2D eigenvalue weighted by atomic mass is 32.2. The molecule has 0 saturated carbocycles. The highest BCUT2D eigenvalue weighted by Gasteiger charge is 2.11. The van der Waals surface area contributed by atoms with Crippen molar-refractivity contribution in [2.45, 2.75) is 5.16 Å². The van der Waals surface area contributed by atoms with Crippen LogP contribution in [0, 0.1) is 10.1 Å². The molecule has 0 spiro atoms. The number of nitrogens with zero attached hydrogens (tertiary/aromatic N) is 4. The van der Waals surface area contributed by atoms with E-state index in [1.165, 1.54) is 42.4 Å². The number of hydrogen-bond acceptors (Lipinski definition) is 7. The maximum Gasteiger partial charge on any atom is 0.269 e. The molecule has 3 rings (SSSR count). The number of carbonyl (C=O) groups excluding carboxylic acids is 1. The number of carbonyl (C=O) groups is 1. The van der Waals surface area contributed by atoms with Crippen LogP contribution in [0.1, 0.15) is 10.4 Å². The van der Waals surface area contributed by atoms with Gasteiger partial charge in [0.25, 0.3) is 5.69 Å². The Labute approximate surface area is 128 Å². The summed E-state index contributed by atoms with van der Waals surface area (Å²) in [6.07, 6.45) is 3.01. The molecular formula is C13H9N5O3S. The van der Waals surface area contributed by atoms with Crippen LogP contribution in [0.2, 0.25) is 0 Å². The van der Waals surface area contributed by atoms with Gasteiger partial charge in [-0.3, -0.25) is 14.9 Å². The normalized spacial score (nSPS) is 10.7. The van der Waals surface area contributed by atoms with Gasteiger partial charge in [0.15, 0.2) is 16.6 Å². The average Bonchev–Trinajstić information content (AvgIpc) is 2.95. The zero-order valence-electron chi connectivity index (χ0n) is 11.1. The second-order valence-electron chi connectivity index (χ2n) is 4.32. The Morgan fingerprint density at radius 3 is 2.77 bits per heavy atom. The summed E-state index contributed by atoms with van der Waals surface area (Å²) in [5.41, 5.74) is 1.63. The van der Waals surface area contributed by atoms with Crippen LogP contribution in [0.4, 0.5) is 5.69 Å². The number of H-pyrrole nitrogens is 1. The number of hydrogen-bond donors (Lipinski definition) is 1. The Bertz CT molecular complexity index is 813. The number of Topliss-reactive ketones (excluding diaryl/α,β-unsaturated/α-hetero) is 1. The lowest BCUT2D eigenvalue weighted by Gasteiger charge is -1.99. The summed E-state index contributed by atoms with van der Waals surface area (Å²) < 4.78 is 0. The van der Waals surface area contributed by atoms with Crippen molar-refractivity contribution >= 4 is 34.4 Å². The largest absolute Gasteiger partial charge is 0.330 e. The van der Waals surface area contributed by atoms with Crippen molar-refractivity contribution in [1.82, 2.24) is 19.9 Å². The molecule has 110 valence electrons. The van der Waals surface area contributed by atoms with E-state index in [0.29, 0.717) is 21.9 Å². The van der Waals surface area contributed by atoms with Crippen molar-refractivity contribution in [3.63, 3.8) is 0 Å². The molecule has 0 saturated heterocycles. The molecule has 0 radical (unpaired) electrons. The van der Waals surface area contributed by atoms with Gasteiger partial charge in [-0.05, 0) is 12.1 Å². The first kappa shape index (κ1) is 14.1. The summed E-state index contributed by atoms with van der Waals surface area (Å²) in [6, 6.07) is 5.53. The maximum absolute atomic E-state index is 12.1. The van der Waals surface area contributed by atoms with Crippen LogP contribution in [-0.2, 0) is 0 Å². The van der Waals surface area contributed by atoms with E-state index in [2.05, 4.69) is 19.9 Å². The smallest absolute Gasteiger partial charge is 0.269 e. The first-order valence-corrected chi connectivity index (χ1v) is 7.18. The summed E-state index contributed by atoms with van der Waals surface area (Å²) in [4.78, 5) is 37.2. The predicted octanol–water partition coefficient (Wildman–Crippen LogP) is 2.24. The molecule has 3 aromatic rings. The maximum atomic E-state index is 12.1. The zero-order valence-corrected chi connectivity index (χ0v) is 11.9. The minimum absolute atomic E-state index is 0.0416. The second-order valence-corrected chi connectivity index (χ2v) is 5.28. The Morgan fingerprint density at radius 1 is 1.32 bits per heavy atom. The van der Waals surface area contributed by atoms with Crippen molar-refractivity contribution < 1.29 is 9.72 Å². The van der Waals surface area contributed by atoms with E-state index in [-0.39, 0.29) is 17.2 Å². The van der Waals surface area contributed by atoms with E-state index >= 15 is 0 Å². The molecule has 2 heterocycles. The van der Waals surface area contributed by atoms with Gasteiger partial charge in [-0.1, -0.05) is 11.8 Å². The van der Waals surface area contributed by atoms with E-state index in [4.69, 9.17) is 0 Å². The highest BCUT2D eigenvalue weighted by Crippen LogP contribution is 2.19. The molecule has 0 bridgehead atoms. The number of fused-ring (bicyclic) bond motifs is 1. The zero-order chi connectivity index (χ0) is 15.5. The Morgan fingerprint density at radius 2 is 2.09 bits per heavy atom. The Hall–Kier alpha value is -2.81. The summed E-state index contributed by atoms with van der Waals surface area (Å²) >= 11 is 1.24. The van der Waals surface area contributed by atoms with Gasteiger partial charge in [0.2, 0.25) is 0 Å². The van der Waals surface area contributed by atoms with E-state index < -0.39 is 4.92 Å². The van der Waals surface area contributed by atoms with E-state index in [1.54, 1.807) is 6.20 Å². The second kappa shape index (κ2) is 5.90. The summed E-state index contributed by atoms with van der Waals surface area (Å²) in [5.74, 6) is 0.0388. The minimum atomic E-state index is -0.502. The number of rotatable bonds is 5. The number of thioether (sulfide) groups is 1. The fourth-order valence-corrected chi connectivity index (χ4v) is 2.56. The topological polar surface area (TPSA) is 115 Å². The van der Waals surface area contributed by atoms with Crippen molar-refractivity contribution in [1.29, 1.82) is 0 Å². The van der Waals surface area contributed by atoms with E-state index in [0.717, 1.165) is 0 Å². The van der Waals surface area contributed by atoms with Crippen LogP contribution in [0.25, 0.3) is 11.2 Å². The number of nitro benzene ring substituents is 1. The number of aromatic amines is 1. The van der Waals surface area contributed by atoms with Crippen LogP contribution in [0.15, 0.2) is 41.9 Å². The van der Waals surface area contributed by atoms with Crippen LogP contribution in [0.5, 0.6) is 0 Å². The van der Waals surface area contributed by atoms with Gasteiger partial charge in [-0.2, -0.15) is 0 Å². The molecule has 1 aromatic carbocycles. The number of non-ortho nitro benzene ring substituents is 1. The Balaban J connectivity index is 1.67. The summed E-state index contributed by atoms with van der Waals surface area (Å²) in [5, 5.41) is 11.1. The number of nitro groups is 1. The molecule has 8 nitrogen and oxygen atoms in total. The molecule has 0 unspecified atom stereocenters. The van der Waals surface area contributed by atoms with Crippen LogP contribution >= 0.6 is 11.8 Å². The molecule has 9 heteroatoms. The Kier molecular flexibility index (Phi) is 3.79. The molecule has 0 fully saturated rings. The molecular weight excluding hydrogens is 306 g/mol. The average molecular weight is 315 g/mol. The number of ketones is 1. The number of imidazole rings is 1. The van der Waals surface area contributed by atoms with Crippen molar-refractivity contribution in [2.75, 3.05) is 5.75 Å². The predicted molar refractivity (Wildman–Crippen MR) is 79.8 cm³/mol. The van der Waals surface area contributed by atoms with Crippen LogP contribution in [-0.4, -0.2) is 36.4 Å². The fraction of sp³-hybridized carbons (Fsp3) is 0.0769. The van der Waals surface area contributed by atoms with Gasteiger partial charge >= 0.3 is 0 Å². The van der Waals surface area contributed by atoms with Crippen molar-refractivity contribution in [3.05, 3.63) is 52.5 Å².